The Morgan fingerprint density at radius 2 is 2.06 bits per heavy atom. The van der Waals surface area contributed by atoms with Crippen molar-refractivity contribution in [2.45, 2.75) is 18.6 Å². The Morgan fingerprint density at radius 1 is 1.31 bits per heavy atom. The molecule has 1 aromatic heterocycles. The molecule has 1 atom stereocenters. The molecule has 1 aliphatic heterocycles. The number of nitrogens with two attached hydrogens (primary N) is 1. The van der Waals surface area contributed by atoms with Crippen molar-refractivity contribution in [1.29, 1.82) is 0 Å². The number of nitrogens with zero attached hydrogens (tertiary/aromatic N) is 3. The highest BCUT2D eigenvalue weighted by Crippen LogP contribution is 2.27. The maximum Gasteiger partial charge on any atom is 0.435 e. The minimum absolute atomic E-state index is 0.0593. The van der Waals surface area contributed by atoms with Gasteiger partial charge < -0.3 is 10.6 Å². The molecule has 2 heterocycles. The lowest BCUT2D eigenvalue weighted by molar-refractivity contribution is -0.141. The van der Waals surface area contributed by atoms with E-state index >= 15 is 0 Å². The second-order valence-corrected chi connectivity index (χ2v) is 3.77. The third kappa shape index (κ3) is 2.24. The van der Waals surface area contributed by atoms with Gasteiger partial charge in [0.25, 0.3) is 0 Å². The molecule has 0 amide bonds. The van der Waals surface area contributed by atoms with Gasteiger partial charge in [-0.3, -0.25) is 0 Å². The van der Waals surface area contributed by atoms with Gasteiger partial charge in [0.15, 0.2) is 11.5 Å². The van der Waals surface area contributed by atoms with Crippen LogP contribution < -0.4 is 10.6 Å². The summed E-state index contributed by atoms with van der Waals surface area (Å²) in [5.74, 6) is 0.445. The molecule has 88 valence electrons. The van der Waals surface area contributed by atoms with Crippen molar-refractivity contribution in [1.82, 2.24) is 10.2 Å². The molecule has 1 fully saturated rings. The number of hydrogen-bond donors (Lipinski definition) is 1. The highest BCUT2D eigenvalue weighted by atomic mass is 19.4. The Morgan fingerprint density at radius 3 is 2.50 bits per heavy atom. The monoisotopic (exact) mass is 232 g/mol. The van der Waals surface area contributed by atoms with E-state index in [4.69, 9.17) is 5.73 Å². The van der Waals surface area contributed by atoms with Gasteiger partial charge in [-0.2, -0.15) is 13.2 Å². The van der Waals surface area contributed by atoms with Crippen molar-refractivity contribution >= 4 is 5.82 Å². The van der Waals surface area contributed by atoms with E-state index in [1.807, 2.05) is 4.90 Å². The molecule has 0 bridgehead atoms. The van der Waals surface area contributed by atoms with E-state index in [0.717, 1.165) is 12.5 Å². The molecule has 0 radical (unpaired) electrons. The largest absolute Gasteiger partial charge is 0.435 e. The minimum atomic E-state index is -4.44. The summed E-state index contributed by atoms with van der Waals surface area (Å²) in [5.41, 5.74) is 4.72. The van der Waals surface area contributed by atoms with Crippen LogP contribution in [0.4, 0.5) is 19.0 Å². The fourth-order valence-electron chi connectivity index (χ4n) is 1.64. The Balaban J connectivity index is 2.14. The first-order valence-electron chi connectivity index (χ1n) is 4.88. The van der Waals surface area contributed by atoms with Crippen LogP contribution >= 0.6 is 0 Å². The van der Waals surface area contributed by atoms with E-state index in [-0.39, 0.29) is 6.04 Å². The Labute approximate surface area is 90.3 Å². The first-order chi connectivity index (χ1) is 7.47. The first-order valence-corrected chi connectivity index (χ1v) is 4.88. The first kappa shape index (κ1) is 11.1. The van der Waals surface area contributed by atoms with Crippen LogP contribution in [-0.2, 0) is 6.18 Å². The third-order valence-electron chi connectivity index (χ3n) is 2.49. The highest BCUT2D eigenvalue weighted by molar-refractivity contribution is 5.39. The third-order valence-corrected chi connectivity index (χ3v) is 2.49. The zero-order valence-electron chi connectivity index (χ0n) is 8.41. The lowest BCUT2D eigenvalue weighted by Crippen LogP contribution is -2.27. The van der Waals surface area contributed by atoms with Gasteiger partial charge in [-0.05, 0) is 18.6 Å². The van der Waals surface area contributed by atoms with E-state index in [0.29, 0.717) is 18.9 Å². The molecule has 0 unspecified atom stereocenters. The summed E-state index contributed by atoms with van der Waals surface area (Å²) in [7, 11) is 0. The zero-order chi connectivity index (χ0) is 11.8. The van der Waals surface area contributed by atoms with Gasteiger partial charge in [0.1, 0.15) is 0 Å². The number of hydrogen-bond acceptors (Lipinski definition) is 4. The molecular weight excluding hydrogens is 221 g/mol. The molecule has 1 aromatic rings. The second kappa shape index (κ2) is 3.89. The lowest BCUT2D eigenvalue weighted by Gasteiger charge is -2.16. The van der Waals surface area contributed by atoms with E-state index in [2.05, 4.69) is 10.2 Å². The molecule has 4 nitrogen and oxygen atoms in total. The summed E-state index contributed by atoms with van der Waals surface area (Å²) >= 11 is 0. The maximum atomic E-state index is 12.2. The standard InChI is InChI=1S/C9H11F3N4/c10-9(11,12)7-1-2-8(15-14-7)16-4-3-6(13)5-16/h1-2,6H,3-5,13H2/t6-/m1/s1. The normalized spacial score (nSPS) is 21.5. The molecule has 0 aliphatic carbocycles. The van der Waals surface area contributed by atoms with E-state index in [1.165, 1.54) is 6.07 Å². The fraction of sp³-hybridized carbons (Fsp3) is 0.556. The predicted octanol–water partition coefficient (Wildman–Crippen LogP) is 1.03. The van der Waals surface area contributed by atoms with Gasteiger partial charge in [0.2, 0.25) is 0 Å². The molecule has 16 heavy (non-hydrogen) atoms. The van der Waals surface area contributed by atoms with Crippen molar-refractivity contribution < 1.29 is 13.2 Å². The predicted molar refractivity (Wildman–Crippen MR) is 51.8 cm³/mol. The van der Waals surface area contributed by atoms with Crippen molar-refractivity contribution in [2.75, 3.05) is 18.0 Å². The van der Waals surface area contributed by atoms with Crippen molar-refractivity contribution in [3.8, 4) is 0 Å². The SMILES string of the molecule is N[C@@H]1CCN(c2ccc(C(F)(F)F)nn2)C1. The minimum Gasteiger partial charge on any atom is -0.354 e. The number of aromatic nitrogens is 2. The smallest absolute Gasteiger partial charge is 0.354 e. The van der Waals surface area contributed by atoms with Crippen LogP contribution in [0.3, 0.4) is 0 Å². The Kier molecular flexibility index (Phi) is 2.71. The van der Waals surface area contributed by atoms with Crippen molar-refractivity contribution in [3.05, 3.63) is 17.8 Å². The summed E-state index contributed by atoms with van der Waals surface area (Å²) in [4.78, 5) is 1.83. The van der Waals surface area contributed by atoms with Crippen LogP contribution in [0.5, 0.6) is 0 Å². The summed E-state index contributed by atoms with van der Waals surface area (Å²) in [6.45, 7) is 1.32. The van der Waals surface area contributed by atoms with Crippen LogP contribution in [0.15, 0.2) is 12.1 Å². The summed E-state index contributed by atoms with van der Waals surface area (Å²) in [6, 6.07) is 2.32. The van der Waals surface area contributed by atoms with Gasteiger partial charge in [-0.1, -0.05) is 0 Å². The van der Waals surface area contributed by atoms with Gasteiger partial charge in [-0.15, -0.1) is 10.2 Å². The average molecular weight is 232 g/mol. The molecular formula is C9H11F3N4. The molecule has 0 saturated carbocycles. The van der Waals surface area contributed by atoms with Gasteiger partial charge in [0.05, 0.1) is 0 Å². The molecule has 2 N–H and O–H groups in total. The van der Waals surface area contributed by atoms with Crippen LogP contribution in [0.2, 0.25) is 0 Å². The average Bonchev–Trinajstić information content (AvgIpc) is 2.64. The Bertz CT molecular complexity index is 362. The fourth-order valence-corrected chi connectivity index (χ4v) is 1.64. The molecule has 2 rings (SSSR count). The lowest BCUT2D eigenvalue weighted by atomic mass is 10.3. The maximum absolute atomic E-state index is 12.2. The summed E-state index contributed by atoms with van der Waals surface area (Å²) < 4.78 is 36.7. The van der Waals surface area contributed by atoms with E-state index < -0.39 is 11.9 Å². The molecule has 0 aromatic carbocycles. The molecule has 1 saturated heterocycles. The summed E-state index contributed by atoms with van der Waals surface area (Å²) in [6.07, 6.45) is -3.62. The number of rotatable bonds is 1. The quantitative estimate of drug-likeness (QED) is 0.785. The number of alkyl halides is 3. The number of halogens is 3. The van der Waals surface area contributed by atoms with Crippen molar-refractivity contribution in [2.24, 2.45) is 5.73 Å². The zero-order valence-corrected chi connectivity index (χ0v) is 8.41. The van der Waals surface area contributed by atoms with E-state index in [1.54, 1.807) is 0 Å². The van der Waals surface area contributed by atoms with Crippen molar-refractivity contribution in [3.63, 3.8) is 0 Å². The van der Waals surface area contributed by atoms with Gasteiger partial charge in [0, 0.05) is 19.1 Å². The van der Waals surface area contributed by atoms with Crippen LogP contribution in [0.1, 0.15) is 12.1 Å². The van der Waals surface area contributed by atoms with E-state index in [9.17, 15) is 13.2 Å². The summed E-state index contributed by atoms with van der Waals surface area (Å²) in [5, 5.41) is 6.72. The second-order valence-electron chi connectivity index (χ2n) is 3.77. The number of anilines is 1. The topological polar surface area (TPSA) is 55.0 Å². The molecule has 1 aliphatic rings. The van der Waals surface area contributed by atoms with Gasteiger partial charge >= 0.3 is 6.18 Å². The van der Waals surface area contributed by atoms with Crippen LogP contribution in [0, 0.1) is 0 Å². The van der Waals surface area contributed by atoms with Crippen LogP contribution in [0.25, 0.3) is 0 Å². The highest BCUT2D eigenvalue weighted by Gasteiger charge is 2.33. The molecule has 7 heteroatoms. The Hall–Kier alpha value is -1.37. The van der Waals surface area contributed by atoms with Gasteiger partial charge in [-0.25, -0.2) is 0 Å². The van der Waals surface area contributed by atoms with Crippen LogP contribution in [-0.4, -0.2) is 29.3 Å². The molecule has 0 spiro atoms.